The first kappa shape index (κ1) is 15.8. The molecule has 0 unspecified atom stereocenters. The summed E-state index contributed by atoms with van der Waals surface area (Å²) in [6.07, 6.45) is 0. The molecule has 6 heteroatoms. The number of aryl methyl sites for hydroxylation is 1. The summed E-state index contributed by atoms with van der Waals surface area (Å²) in [6, 6.07) is 15.4. The van der Waals surface area contributed by atoms with E-state index in [1.54, 1.807) is 4.90 Å². The summed E-state index contributed by atoms with van der Waals surface area (Å²) in [5.74, 6) is 1.47. The van der Waals surface area contributed by atoms with E-state index in [1.165, 1.54) is 0 Å². The Bertz CT molecular complexity index is 1200. The fourth-order valence-corrected chi connectivity index (χ4v) is 3.58. The molecule has 27 heavy (non-hydrogen) atoms. The van der Waals surface area contributed by atoms with E-state index < -0.39 is 0 Å². The number of para-hydroxylation sites is 3. The number of rotatable bonds is 1. The second-order valence-electron chi connectivity index (χ2n) is 6.79. The number of furan rings is 1. The fourth-order valence-electron chi connectivity index (χ4n) is 3.58. The van der Waals surface area contributed by atoms with Crippen molar-refractivity contribution in [1.82, 2.24) is 9.97 Å². The highest BCUT2D eigenvalue weighted by Crippen LogP contribution is 2.33. The molecule has 4 aromatic rings. The predicted molar refractivity (Wildman–Crippen MR) is 105 cm³/mol. The zero-order chi connectivity index (χ0) is 18.5. The van der Waals surface area contributed by atoms with Crippen LogP contribution in [0.15, 0.2) is 52.9 Å². The Kier molecular flexibility index (Phi) is 3.40. The summed E-state index contributed by atoms with van der Waals surface area (Å²) in [7, 11) is 1.97. The van der Waals surface area contributed by atoms with E-state index in [0.29, 0.717) is 30.5 Å². The predicted octanol–water partition coefficient (Wildman–Crippen LogP) is 3.78. The van der Waals surface area contributed by atoms with Gasteiger partial charge in [-0.3, -0.25) is 9.69 Å². The molecule has 2 aromatic carbocycles. The van der Waals surface area contributed by atoms with Crippen LogP contribution in [-0.4, -0.2) is 36.0 Å². The molecule has 0 spiro atoms. The number of hydrogen-bond donors (Lipinski definition) is 0. The highest BCUT2D eigenvalue weighted by Gasteiger charge is 2.32. The molecule has 1 aliphatic rings. The molecule has 0 bridgehead atoms. The SMILES string of the molecule is Cc1c(C(=O)N2CCN(C)c3nc4ccccc4nc32)oc2ccccc12. The first-order valence-corrected chi connectivity index (χ1v) is 8.91. The van der Waals surface area contributed by atoms with Crippen molar-refractivity contribution in [1.29, 1.82) is 0 Å². The molecule has 0 radical (unpaired) electrons. The first-order valence-electron chi connectivity index (χ1n) is 8.91. The zero-order valence-electron chi connectivity index (χ0n) is 15.1. The maximum Gasteiger partial charge on any atom is 0.295 e. The lowest BCUT2D eigenvalue weighted by molar-refractivity contribution is 0.0960. The van der Waals surface area contributed by atoms with Crippen molar-refractivity contribution in [3.63, 3.8) is 0 Å². The van der Waals surface area contributed by atoms with Gasteiger partial charge in [0.05, 0.1) is 11.0 Å². The fraction of sp³-hybridized carbons (Fsp3) is 0.190. The molecule has 0 N–H and O–H groups in total. The molecule has 2 aromatic heterocycles. The van der Waals surface area contributed by atoms with Gasteiger partial charge in [0.1, 0.15) is 5.58 Å². The van der Waals surface area contributed by atoms with Crippen molar-refractivity contribution in [3.8, 4) is 0 Å². The van der Waals surface area contributed by atoms with Gasteiger partial charge in [0.2, 0.25) is 0 Å². The molecule has 6 nitrogen and oxygen atoms in total. The third kappa shape index (κ3) is 2.37. The van der Waals surface area contributed by atoms with Gasteiger partial charge < -0.3 is 9.32 Å². The van der Waals surface area contributed by atoms with Crippen LogP contribution in [0.25, 0.3) is 22.0 Å². The molecule has 1 aliphatic heterocycles. The summed E-state index contributed by atoms with van der Waals surface area (Å²) in [4.78, 5) is 26.5. The summed E-state index contributed by atoms with van der Waals surface area (Å²) in [6.45, 7) is 3.14. The molecular formula is C21H18N4O2. The van der Waals surface area contributed by atoms with E-state index in [1.807, 2.05) is 67.4 Å². The lowest BCUT2D eigenvalue weighted by Crippen LogP contribution is -2.43. The average Bonchev–Trinajstić information content (AvgIpc) is 3.04. The second-order valence-corrected chi connectivity index (χ2v) is 6.79. The number of likely N-dealkylation sites (N-methyl/N-ethyl adjacent to an activating group) is 1. The standard InChI is InChI=1S/C21H18N4O2/c1-13-14-7-3-6-10-17(14)27-18(13)21(26)25-12-11-24(2)19-20(25)23-16-9-5-4-8-15(16)22-19/h3-10H,11-12H2,1-2H3. The minimum absolute atomic E-state index is 0.178. The third-order valence-corrected chi connectivity index (χ3v) is 5.09. The van der Waals surface area contributed by atoms with Crippen molar-refractivity contribution in [2.75, 3.05) is 29.9 Å². The summed E-state index contributed by atoms with van der Waals surface area (Å²) in [5.41, 5.74) is 3.16. The molecular weight excluding hydrogens is 340 g/mol. The van der Waals surface area contributed by atoms with Crippen molar-refractivity contribution < 1.29 is 9.21 Å². The van der Waals surface area contributed by atoms with Crippen LogP contribution in [0.1, 0.15) is 16.1 Å². The number of amides is 1. The Labute approximate surface area is 156 Å². The number of benzene rings is 2. The van der Waals surface area contributed by atoms with Crippen molar-refractivity contribution in [2.24, 2.45) is 0 Å². The van der Waals surface area contributed by atoms with Crippen LogP contribution in [-0.2, 0) is 0 Å². The van der Waals surface area contributed by atoms with E-state index in [-0.39, 0.29) is 5.91 Å². The van der Waals surface area contributed by atoms with Gasteiger partial charge >= 0.3 is 0 Å². The number of aromatic nitrogens is 2. The number of carbonyl (C=O) groups excluding carboxylic acids is 1. The number of carbonyl (C=O) groups is 1. The maximum absolute atomic E-state index is 13.3. The highest BCUT2D eigenvalue weighted by molar-refractivity contribution is 6.09. The van der Waals surface area contributed by atoms with Crippen LogP contribution < -0.4 is 9.80 Å². The quantitative estimate of drug-likeness (QED) is 0.518. The molecule has 0 saturated heterocycles. The zero-order valence-corrected chi connectivity index (χ0v) is 15.1. The Morgan fingerprint density at radius 1 is 0.963 bits per heavy atom. The van der Waals surface area contributed by atoms with Gasteiger partial charge in [0.15, 0.2) is 17.4 Å². The van der Waals surface area contributed by atoms with Gasteiger partial charge in [0, 0.05) is 31.1 Å². The van der Waals surface area contributed by atoms with Crippen molar-refractivity contribution in [2.45, 2.75) is 6.92 Å². The van der Waals surface area contributed by atoms with Gasteiger partial charge in [-0.05, 0) is 25.1 Å². The molecule has 0 aliphatic carbocycles. The highest BCUT2D eigenvalue weighted by atomic mass is 16.3. The number of hydrogen-bond acceptors (Lipinski definition) is 5. The Morgan fingerprint density at radius 2 is 1.63 bits per heavy atom. The topological polar surface area (TPSA) is 62.5 Å². The smallest absolute Gasteiger partial charge is 0.295 e. The molecule has 0 fully saturated rings. The van der Waals surface area contributed by atoms with Crippen LogP contribution in [0.5, 0.6) is 0 Å². The minimum atomic E-state index is -0.178. The lowest BCUT2D eigenvalue weighted by Gasteiger charge is -2.33. The van der Waals surface area contributed by atoms with Crippen molar-refractivity contribution >= 4 is 39.5 Å². The summed E-state index contributed by atoms with van der Waals surface area (Å²) >= 11 is 0. The molecule has 3 heterocycles. The van der Waals surface area contributed by atoms with Gasteiger partial charge in [-0.2, -0.15) is 0 Å². The Morgan fingerprint density at radius 3 is 2.37 bits per heavy atom. The van der Waals surface area contributed by atoms with Crippen LogP contribution in [0, 0.1) is 6.92 Å². The molecule has 134 valence electrons. The average molecular weight is 358 g/mol. The van der Waals surface area contributed by atoms with Crippen molar-refractivity contribution in [3.05, 3.63) is 59.9 Å². The van der Waals surface area contributed by atoms with E-state index >= 15 is 0 Å². The van der Waals surface area contributed by atoms with E-state index in [0.717, 1.165) is 27.6 Å². The van der Waals surface area contributed by atoms with Gasteiger partial charge in [-0.15, -0.1) is 0 Å². The third-order valence-electron chi connectivity index (χ3n) is 5.09. The number of fused-ring (bicyclic) bond motifs is 3. The van der Waals surface area contributed by atoms with Gasteiger partial charge in [-0.25, -0.2) is 9.97 Å². The first-order chi connectivity index (χ1) is 13.1. The van der Waals surface area contributed by atoms with Crippen LogP contribution in [0.3, 0.4) is 0 Å². The van der Waals surface area contributed by atoms with Crippen LogP contribution >= 0.6 is 0 Å². The largest absolute Gasteiger partial charge is 0.451 e. The molecule has 1 amide bonds. The van der Waals surface area contributed by atoms with E-state index in [4.69, 9.17) is 14.4 Å². The second kappa shape index (κ2) is 5.81. The maximum atomic E-state index is 13.3. The number of nitrogens with zero attached hydrogens (tertiary/aromatic N) is 4. The van der Waals surface area contributed by atoms with E-state index in [2.05, 4.69) is 0 Å². The van der Waals surface area contributed by atoms with E-state index in [9.17, 15) is 4.79 Å². The summed E-state index contributed by atoms with van der Waals surface area (Å²) < 4.78 is 5.89. The van der Waals surface area contributed by atoms with Crippen LogP contribution in [0.2, 0.25) is 0 Å². The summed E-state index contributed by atoms with van der Waals surface area (Å²) in [5, 5.41) is 0.958. The monoisotopic (exact) mass is 358 g/mol. The van der Waals surface area contributed by atoms with Gasteiger partial charge in [-0.1, -0.05) is 30.3 Å². The molecule has 5 rings (SSSR count). The minimum Gasteiger partial charge on any atom is -0.451 e. The Balaban J connectivity index is 1.65. The molecule has 0 saturated carbocycles. The Hall–Kier alpha value is -3.41. The lowest BCUT2D eigenvalue weighted by atomic mass is 10.1. The van der Waals surface area contributed by atoms with Crippen LogP contribution in [0.4, 0.5) is 11.6 Å². The molecule has 0 atom stereocenters. The number of anilines is 2. The van der Waals surface area contributed by atoms with Gasteiger partial charge in [0.25, 0.3) is 5.91 Å². The normalized spacial score (nSPS) is 14.0.